The van der Waals surface area contributed by atoms with E-state index in [1.165, 1.54) is 44.9 Å². The molecular formula is C29H35N5O4. The molecule has 2 aliphatic heterocycles. The zero-order valence-electron chi connectivity index (χ0n) is 21.7. The van der Waals surface area contributed by atoms with Gasteiger partial charge in [0.05, 0.1) is 11.0 Å². The Kier molecular flexibility index (Phi) is 6.91. The number of carboxylic acids is 1. The molecule has 0 radical (unpaired) electrons. The predicted octanol–water partition coefficient (Wildman–Crippen LogP) is 4.25. The fraction of sp³-hybridized carbons (Fsp3) is 0.621. The minimum Gasteiger partial charge on any atom is -0.479 e. The van der Waals surface area contributed by atoms with E-state index in [9.17, 15) is 14.9 Å². The zero-order valence-corrected chi connectivity index (χ0v) is 21.7. The van der Waals surface area contributed by atoms with Crippen LogP contribution in [0, 0.1) is 23.2 Å². The number of para-hydroxylation sites is 2. The summed E-state index contributed by atoms with van der Waals surface area (Å²) in [6.07, 6.45) is 13.6. The number of benzene rings is 1. The van der Waals surface area contributed by atoms with Gasteiger partial charge in [-0.3, -0.25) is 9.69 Å². The van der Waals surface area contributed by atoms with E-state index in [4.69, 9.17) is 9.94 Å². The number of carboxylic acid groups (broad SMARTS) is 1. The van der Waals surface area contributed by atoms with Crippen molar-refractivity contribution >= 4 is 22.7 Å². The Morgan fingerprint density at radius 1 is 1.00 bits per heavy atom. The average molecular weight is 518 g/mol. The topological polar surface area (TPSA) is 121 Å². The number of hydrogen-bond donors (Lipinski definition) is 1. The number of hydrogen-bond acceptors (Lipinski definition) is 7. The summed E-state index contributed by atoms with van der Waals surface area (Å²) in [5, 5.41) is 22.2. The molecule has 5 atom stereocenters. The monoisotopic (exact) mass is 517 g/mol. The highest BCUT2D eigenvalue weighted by Crippen LogP contribution is 2.47. The molecule has 38 heavy (non-hydrogen) atoms. The van der Waals surface area contributed by atoms with Crippen LogP contribution in [0.25, 0.3) is 11.0 Å². The van der Waals surface area contributed by atoms with Crippen LogP contribution in [0.2, 0.25) is 0 Å². The molecule has 4 fully saturated rings. The third-order valence-electron chi connectivity index (χ3n) is 9.36. The van der Waals surface area contributed by atoms with Crippen molar-refractivity contribution in [1.82, 2.24) is 14.5 Å². The summed E-state index contributed by atoms with van der Waals surface area (Å²) in [4.78, 5) is 36.9. The largest absolute Gasteiger partial charge is 0.479 e. The van der Waals surface area contributed by atoms with Gasteiger partial charge in [-0.15, -0.1) is 0 Å². The van der Waals surface area contributed by atoms with Crippen LogP contribution in [0.15, 0.2) is 34.2 Å². The van der Waals surface area contributed by atoms with Crippen molar-refractivity contribution in [2.45, 2.75) is 94.8 Å². The van der Waals surface area contributed by atoms with E-state index < -0.39 is 12.6 Å². The van der Waals surface area contributed by atoms with Crippen LogP contribution in [-0.4, -0.2) is 56.0 Å². The molecule has 3 heterocycles. The molecule has 6 rings (SSSR count). The summed E-state index contributed by atoms with van der Waals surface area (Å²) < 4.78 is 1.83. The van der Waals surface area contributed by atoms with Gasteiger partial charge < -0.3 is 14.5 Å². The molecule has 4 aliphatic rings. The highest BCUT2D eigenvalue weighted by atomic mass is 16.6. The van der Waals surface area contributed by atoms with Crippen LogP contribution < -0.4 is 5.56 Å². The van der Waals surface area contributed by atoms with Gasteiger partial charge in [0.1, 0.15) is 6.07 Å². The average Bonchev–Trinajstić information content (AvgIpc) is 2.90. The molecule has 9 heteroatoms. The van der Waals surface area contributed by atoms with Crippen LogP contribution in [0.5, 0.6) is 0 Å². The molecule has 1 N–H and O–H groups in total. The standard InChI is InChI=1S/C29H35N5O4/c30-16-25(32-38-17-27(35)36)28-29(37)34(26-10-2-1-9-24(26)31-28)23-14-20-7-4-8-21(15-23)33(20)22-12-18-5-3-6-19(11-18)13-22/h1-2,9-10,18-23H,3-8,11-15,17H2,(H,35,36)/t18?,19?,20-,21+,22?,23+. The van der Waals surface area contributed by atoms with Crippen molar-refractivity contribution in [3.05, 3.63) is 40.3 Å². The Hall–Kier alpha value is -3.25. The molecule has 2 unspecified atom stereocenters. The third-order valence-corrected chi connectivity index (χ3v) is 9.36. The van der Waals surface area contributed by atoms with Crippen LogP contribution in [-0.2, 0) is 9.63 Å². The summed E-state index contributed by atoms with van der Waals surface area (Å²) >= 11 is 0. The molecule has 200 valence electrons. The van der Waals surface area contributed by atoms with Crippen molar-refractivity contribution in [3.8, 4) is 6.07 Å². The summed E-state index contributed by atoms with van der Waals surface area (Å²) in [5.41, 5.74) is 0.600. The van der Waals surface area contributed by atoms with E-state index in [2.05, 4.69) is 15.0 Å². The van der Waals surface area contributed by atoms with Crippen molar-refractivity contribution in [2.75, 3.05) is 6.61 Å². The zero-order chi connectivity index (χ0) is 26.2. The van der Waals surface area contributed by atoms with Crippen molar-refractivity contribution in [2.24, 2.45) is 17.0 Å². The molecule has 1 aromatic heterocycles. The second-order valence-electron chi connectivity index (χ2n) is 11.7. The third kappa shape index (κ3) is 4.71. The van der Waals surface area contributed by atoms with Crippen molar-refractivity contribution < 1.29 is 14.7 Å². The first kappa shape index (κ1) is 25.1. The van der Waals surface area contributed by atoms with Crippen LogP contribution >= 0.6 is 0 Å². The van der Waals surface area contributed by atoms with Gasteiger partial charge in [-0.05, 0) is 68.9 Å². The lowest BCUT2D eigenvalue weighted by atomic mass is 9.68. The summed E-state index contributed by atoms with van der Waals surface area (Å²) in [6, 6.07) is 11.0. The number of aliphatic carboxylic acids is 1. The lowest BCUT2D eigenvalue weighted by Gasteiger charge is -2.55. The highest BCUT2D eigenvalue weighted by Gasteiger charge is 2.45. The number of carbonyl (C=O) groups is 1. The maximum Gasteiger partial charge on any atom is 0.344 e. The number of fused-ring (bicyclic) bond motifs is 5. The fourth-order valence-corrected chi connectivity index (χ4v) is 8.08. The second-order valence-corrected chi connectivity index (χ2v) is 11.7. The normalized spacial score (nSPS) is 31.5. The lowest BCUT2D eigenvalue weighted by Crippen LogP contribution is -2.58. The van der Waals surface area contributed by atoms with Crippen molar-refractivity contribution in [1.29, 1.82) is 5.26 Å². The van der Waals surface area contributed by atoms with Gasteiger partial charge in [-0.1, -0.05) is 43.0 Å². The number of aromatic nitrogens is 2. The first-order valence-electron chi connectivity index (χ1n) is 14.1. The predicted molar refractivity (Wildman–Crippen MR) is 142 cm³/mol. The SMILES string of the molecule is N#CC(=NOCC(=O)O)c1nc2ccccc2n([C@H]2C[C@H]3CCC[C@@H](C2)N3C2CC3CCCC(C3)C2)c1=O. The Labute approximate surface area is 222 Å². The Morgan fingerprint density at radius 3 is 2.37 bits per heavy atom. The van der Waals surface area contributed by atoms with Crippen LogP contribution in [0.3, 0.4) is 0 Å². The summed E-state index contributed by atoms with van der Waals surface area (Å²) in [7, 11) is 0. The highest BCUT2D eigenvalue weighted by molar-refractivity contribution is 6.10. The smallest absolute Gasteiger partial charge is 0.344 e. The Morgan fingerprint density at radius 2 is 1.68 bits per heavy atom. The van der Waals surface area contributed by atoms with Gasteiger partial charge in [-0.25, -0.2) is 9.78 Å². The Balaban J connectivity index is 1.34. The van der Waals surface area contributed by atoms with Gasteiger partial charge in [0, 0.05) is 24.2 Å². The number of nitrogens with zero attached hydrogens (tertiary/aromatic N) is 5. The molecule has 2 aromatic rings. The van der Waals surface area contributed by atoms with E-state index in [1.807, 2.05) is 34.9 Å². The molecule has 2 aliphatic carbocycles. The minimum atomic E-state index is -1.21. The molecule has 9 nitrogen and oxygen atoms in total. The summed E-state index contributed by atoms with van der Waals surface area (Å²) in [6.45, 7) is -0.697. The first-order chi connectivity index (χ1) is 18.5. The number of oxime groups is 1. The van der Waals surface area contributed by atoms with Gasteiger partial charge in [0.2, 0.25) is 12.3 Å². The van der Waals surface area contributed by atoms with Crippen LogP contribution in [0.4, 0.5) is 0 Å². The molecule has 4 bridgehead atoms. The number of piperidine rings is 2. The molecule has 2 saturated heterocycles. The minimum absolute atomic E-state index is 0.00340. The maximum atomic E-state index is 13.9. The van der Waals surface area contributed by atoms with E-state index >= 15 is 0 Å². The van der Waals surface area contributed by atoms with Crippen molar-refractivity contribution in [3.63, 3.8) is 0 Å². The van der Waals surface area contributed by atoms with E-state index in [-0.39, 0.29) is 23.0 Å². The second kappa shape index (κ2) is 10.5. The van der Waals surface area contributed by atoms with Gasteiger partial charge in [0.25, 0.3) is 5.56 Å². The van der Waals surface area contributed by atoms with E-state index in [0.717, 1.165) is 43.0 Å². The fourth-order valence-electron chi connectivity index (χ4n) is 8.08. The maximum absolute atomic E-state index is 13.9. The quantitative estimate of drug-likeness (QED) is 0.449. The first-order valence-corrected chi connectivity index (χ1v) is 14.1. The lowest BCUT2D eigenvalue weighted by molar-refractivity contribution is -0.142. The Bertz CT molecular complexity index is 1320. The van der Waals surface area contributed by atoms with Gasteiger partial charge in [-0.2, -0.15) is 5.26 Å². The van der Waals surface area contributed by atoms with Gasteiger partial charge in [0.15, 0.2) is 5.69 Å². The molecule has 0 spiro atoms. The van der Waals surface area contributed by atoms with E-state index in [0.29, 0.717) is 23.6 Å². The van der Waals surface area contributed by atoms with Crippen LogP contribution in [0.1, 0.15) is 82.4 Å². The van der Waals surface area contributed by atoms with E-state index in [1.54, 1.807) is 0 Å². The number of rotatable bonds is 6. The summed E-state index contributed by atoms with van der Waals surface area (Å²) in [5.74, 6) is 0.550. The molecular weight excluding hydrogens is 482 g/mol. The molecule has 1 aromatic carbocycles. The molecule has 2 saturated carbocycles. The molecule has 0 amide bonds. The van der Waals surface area contributed by atoms with Gasteiger partial charge >= 0.3 is 5.97 Å². The number of nitriles is 1.